The number of rotatable bonds is 6. The average Bonchev–Trinajstić information content (AvgIpc) is 3.35. The summed E-state index contributed by atoms with van der Waals surface area (Å²) in [5.41, 5.74) is 1.69. The number of nitrogens with zero attached hydrogens (tertiary/aromatic N) is 5. The number of likely N-dealkylation sites (N-methyl/N-ethyl adjacent to an activating group) is 1. The lowest BCUT2D eigenvalue weighted by Crippen LogP contribution is -2.52. The Hall–Kier alpha value is -2.26. The molecule has 1 saturated carbocycles. The fourth-order valence-corrected chi connectivity index (χ4v) is 4.91. The van der Waals surface area contributed by atoms with Gasteiger partial charge in [0.25, 0.3) is 0 Å². The molecule has 4 atom stereocenters. The summed E-state index contributed by atoms with van der Waals surface area (Å²) in [6, 6.07) is -1.40. The van der Waals surface area contributed by atoms with Gasteiger partial charge in [0, 0.05) is 44.2 Å². The molecular weight excluding hydrogens is 420 g/mol. The quantitative estimate of drug-likeness (QED) is 0.626. The molecule has 2 amide bonds. The first-order valence-corrected chi connectivity index (χ1v) is 12.1. The Morgan fingerprint density at radius 3 is 2.61 bits per heavy atom. The summed E-state index contributed by atoms with van der Waals surface area (Å²) in [5, 5.41) is 22.1. The molecule has 2 fully saturated rings. The van der Waals surface area contributed by atoms with E-state index >= 15 is 0 Å². The number of aliphatic hydroxyl groups is 1. The number of likely N-dealkylation sites (tertiary alicyclic amines) is 1. The molecule has 1 aromatic rings. The van der Waals surface area contributed by atoms with Gasteiger partial charge in [-0.15, -0.1) is 5.10 Å². The van der Waals surface area contributed by atoms with E-state index < -0.39 is 23.6 Å². The Kier molecular flexibility index (Phi) is 6.64. The van der Waals surface area contributed by atoms with Crippen molar-refractivity contribution in [3.05, 3.63) is 23.5 Å². The van der Waals surface area contributed by atoms with Gasteiger partial charge in [0.2, 0.25) is 11.8 Å². The summed E-state index contributed by atoms with van der Waals surface area (Å²) >= 11 is 0. The van der Waals surface area contributed by atoms with E-state index in [1.165, 1.54) is 5.57 Å². The summed E-state index contributed by atoms with van der Waals surface area (Å²) in [4.78, 5) is 30.8. The van der Waals surface area contributed by atoms with Crippen molar-refractivity contribution < 1.29 is 14.7 Å². The molecule has 4 rings (SSSR count). The van der Waals surface area contributed by atoms with Crippen LogP contribution in [0.2, 0.25) is 0 Å². The zero-order valence-electron chi connectivity index (χ0n) is 20.5. The number of carbonyl (C=O) groups excluding carboxylic acids is 2. The van der Waals surface area contributed by atoms with E-state index in [-0.39, 0.29) is 30.8 Å². The first-order valence-electron chi connectivity index (χ1n) is 12.1. The smallest absolute Gasteiger partial charge is 0.248 e. The molecule has 182 valence electrons. The van der Waals surface area contributed by atoms with Crippen molar-refractivity contribution in [3.8, 4) is 0 Å². The second kappa shape index (κ2) is 9.18. The third-order valence-electron chi connectivity index (χ3n) is 7.07. The Bertz CT molecular complexity index is 916. The summed E-state index contributed by atoms with van der Waals surface area (Å²) < 4.78 is 1.65. The highest BCUT2D eigenvalue weighted by atomic mass is 16.3. The van der Waals surface area contributed by atoms with Gasteiger partial charge in [-0.3, -0.25) is 9.59 Å². The summed E-state index contributed by atoms with van der Waals surface area (Å²) in [6.07, 6.45) is 6.70. The lowest BCUT2D eigenvalue weighted by atomic mass is 9.85. The fourth-order valence-electron chi connectivity index (χ4n) is 4.91. The normalized spacial score (nSPS) is 26.1. The van der Waals surface area contributed by atoms with Crippen LogP contribution in [0.1, 0.15) is 71.0 Å². The van der Waals surface area contributed by atoms with Crippen molar-refractivity contribution in [1.29, 1.82) is 0 Å². The van der Waals surface area contributed by atoms with Gasteiger partial charge in [-0.1, -0.05) is 32.1 Å². The van der Waals surface area contributed by atoms with Gasteiger partial charge in [-0.25, -0.2) is 4.68 Å². The van der Waals surface area contributed by atoms with Gasteiger partial charge in [0.15, 0.2) is 0 Å². The van der Waals surface area contributed by atoms with Crippen molar-refractivity contribution in [1.82, 2.24) is 30.1 Å². The van der Waals surface area contributed by atoms with Crippen LogP contribution in [0.15, 0.2) is 17.8 Å². The molecule has 0 radical (unpaired) electrons. The highest BCUT2D eigenvalue weighted by Crippen LogP contribution is 2.40. The molecular formula is C24H38N6O3. The van der Waals surface area contributed by atoms with Gasteiger partial charge in [-0.2, -0.15) is 0 Å². The molecule has 9 nitrogen and oxygen atoms in total. The van der Waals surface area contributed by atoms with Crippen molar-refractivity contribution in [3.63, 3.8) is 0 Å². The van der Waals surface area contributed by atoms with Crippen molar-refractivity contribution >= 4 is 11.8 Å². The molecule has 3 heterocycles. The summed E-state index contributed by atoms with van der Waals surface area (Å²) in [6.45, 7) is 9.94. The zero-order chi connectivity index (χ0) is 23.9. The molecule has 2 aliphatic heterocycles. The maximum absolute atomic E-state index is 13.8. The van der Waals surface area contributed by atoms with E-state index in [0.29, 0.717) is 5.92 Å². The zero-order valence-corrected chi connectivity index (χ0v) is 20.5. The van der Waals surface area contributed by atoms with Gasteiger partial charge in [0.05, 0.1) is 11.8 Å². The topological polar surface area (TPSA) is 104 Å². The minimum Gasteiger partial charge on any atom is -0.391 e. The maximum atomic E-state index is 13.8. The third kappa shape index (κ3) is 5.30. The Balaban J connectivity index is 1.51. The van der Waals surface area contributed by atoms with Crippen LogP contribution in [0.25, 0.3) is 0 Å². The van der Waals surface area contributed by atoms with Crippen LogP contribution in [0.3, 0.4) is 0 Å². The van der Waals surface area contributed by atoms with Crippen LogP contribution >= 0.6 is 0 Å². The van der Waals surface area contributed by atoms with E-state index in [1.54, 1.807) is 9.58 Å². The lowest BCUT2D eigenvalue weighted by Gasteiger charge is -2.35. The summed E-state index contributed by atoms with van der Waals surface area (Å²) in [5.74, 6) is 0.0340. The van der Waals surface area contributed by atoms with E-state index in [4.69, 9.17) is 0 Å². The van der Waals surface area contributed by atoms with Crippen molar-refractivity contribution in [2.75, 3.05) is 26.7 Å². The number of carbonyl (C=O) groups is 2. The number of hydrogen-bond acceptors (Lipinski definition) is 6. The molecule has 3 aliphatic rings. The number of hydrogen-bond donors (Lipinski definition) is 2. The minimum atomic E-state index is -0.721. The van der Waals surface area contributed by atoms with E-state index in [2.05, 4.69) is 33.7 Å². The number of β-amino-alcohol motifs (C(OH)–C–C–N with tert-alkyl or cyclic N) is 1. The third-order valence-corrected chi connectivity index (χ3v) is 7.07. The molecule has 1 saturated heterocycles. The average molecular weight is 459 g/mol. The molecule has 9 heteroatoms. The molecule has 0 aromatic carbocycles. The van der Waals surface area contributed by atoms with Crippen molar-refractivity contribution in [2.24, 2.45) is 5.41 Å². The van der Waals surface area contributed by atoms with E-state index in [1.807, 2.05) is 33.9 Å². The first kappa shape index (κ1) is 23.9. The molecule has 0 bridgehead atoms. The highest BCUT2D eigenvalue weighted by molar-refractivity contribution is 5.90. The predicted molar refractivity (Wildman–Crippen MR) is 124 cm³/mol. The Labute approximate surface area is 196 Å². The van der Waals surface area contributed by atoms with Gasteiger partial charge < -0.3 is 20.2 Å². The van der Waals surface area contributed by atoms with Crippen LogP contribution in [0.4, 0.5) is 0 Å². The lowest BCUT2D eigenvalue weighted by molar-refractivity contribution is -0.144. The molecule has 1 aromatic heterocycles. The molecule has 2 N–H and O–H groups in total. The number of aliphatic hydroxyl groups excluding tert-OH is 1. The molecule has 1 aliphatic carbocycles. The van der Waals surface area contributed by atoms with Crippen LogP contribution in [0, 0.1) is 5.41 Å². The minimum absolute atomic E-state index is 0.101. The number of amides is 2. The highest BCUT2D eigenvalue weighted by Gasteiger charge is 2.45. The van der Waals surface area contributed by atoms with Crippen LogP contribution in [0.5, 0.6) is 0 Å². The Morgan fingerprint density at radius 2 is 2.00 bits per heavy atom. The van der Waals surface area contributed by atoms with E-state index in [0.717, 1.165) is 38.0 Å². The largest absolute Gasteiger partial charge is 0.391 e. The second-order valence-corrected chi connectivity index (χ2v) is 11.1. The number of nitrogens with one attached hydrogen (secondary N) is 1. The summed E-state index contributed by atoms with van der Waals surface area (Å²) in [7, 11) is 2.08. The Morgan fingerprint density at radius 1 is 1.27 bits per heavy atom. The van der Waals surface area contributed by atoms with Crippen LogP contribution < -0.4 is 5.32 Å². The molecule has 1 unspecified atom stereocenters. The molecule has 0 spiro atoms. The van der Waals surface area contributed by atoms with Gasteiger partial charge in [-0.05, 0) is 44.2 Å². The van der Waals surface area contributed by atoms with Gasteiger partial charge in [0.1, 0.15) is 12.1 Å². The predicted octanol–water partition coefficient (Wildman–Crippen LogP) is 1.47. The standard InChI is InChI=1S/C24H38N6O3/c1-15(16-8-10-28(5)11-9-16)25-22(32)20-12-18(31)13-29(20)23(33)21(24(2,3)4)30-14-19(26-27-30)17-6-7-17/h8,14-15,17-18,20-21,31H,6-7,9-13H2,1-5H3,(H,25,32)/t15?,18-,20+,21-/m1/s1. The second-order valence-electron chi connectivity index (χ2n) is 11.1. The van der Waals surface area contributed by atoms with Gasteiger partial charge >= 0.3 is 0 Å². The van der Waals surface area contributed by atoms with Crippen LogP contribution in [-0.2, 0) is 9.59 Å². The van der Waals surface area contributed by atoms with E-state index in [9.17, 15) is 14.7 Å². The monoisotopic (exact) mass is 458 g/mol. The molecule has 33 heavy (non-hydrogen) atoms. The van der Waals surface area contributed by atoms with Crippen LogP contribution in [-0.4, -0.2) is 86.6 Å². The first-order chi connectivity index (χ1) is 15.5. The van der Waals surface area contributed by atoms with Crippen molar-refractivity contribution in [2.45, 2.75) is 83.5 Å². The SMILES string of the molecule is CC(NC(=O)[C@@H]1C[C@@H](O)CN1C(=O)[C@@H](n1cc(C2CC2)nn1)C(C)(C)C)C1=CCN(C)CC1. The number of aromatic nitrogens is 3. The fraction of sp³-hybridized carbons (Fsp3) is 0.750. The maximum Gasteiger partial charge on any atom is 0.248 e.